The fraction of sp³-hybridized carbons (Fsp3) is 0.0769. The lowest BCUT2D eigenvalue weighted by Gasteiger charge is -2.10. The Morgan fingerprint density at radius 3 is 2.32 bits per heavy atom. The van der Waals surface area contributed by atoms with Crippen molar-refractivity contribution in [1.29, 1.82) is 0 Å². The zero-order valence-electron chi connectivity index (χ0n) is 9.48. The van der Waals surface area contributed by atoms with Crippen LogP contribution in [0.5, 0.6) is 0 Å². The second-order valence-corrected chi connectivity index (χ2v) is 5.54. The van der Waals surface area contributed by atoms with Crippen LogP contribution in [-0.4, -0.2) is 0 Å². The van der Waals surface area contributed by atoms with Gasteiger partial charge in [-0.25, -0.2) is 13.2 Å². The van der Waals surface area contributed by atoms with E-state index in [1.54, 1.807) is 6.07 Å². The van der Waals surface area contributed by atoms with Gasteiger partial charge >= 0.3 is 0 Å². The molecule has 0 aromatic heterocycles. The van der Waals surface area contributed by atoms with E-state index >= 15 is 0 Å². The minimum Gasteiger partial charge on any atom is -0.379 e. The average Bonchev–Trinajstić information content (AvgIpc) is 2.34. The summed E-state index contributed by atoms with van der Waals surface area (Å²) >= 11 is 6.21. The Balaban J connectivity index is 2.16. The van der Waals surface area contributed by atoms with Crippen LogP contribution >= 0.6 is 31.9 Å². The zero-order chi connectivity index (χ0) is 14.0. The van der Waals surface area contributed by atoms with Crippen molar-refractivity contribution < 1.29 is 13.2 Å². The van der Waals surface area contributed by atoms with E-state index in [0.717, 1.165) is 11.6 Å². The molecule has 2 rings (SSSR count). The highest BCUT2D eigenvalue weighted by Gasteiger charge is 2.09. The van der Waals surface area contributed by atoms with Crippen molar-refractivity contribution in [3.8, 4) is 0 Å². The molecule has 1 N–H and O–H groups in total. The first kappa shape index (κ1) is 14.4. The first-order chi connectivity index (χ1) is 8.97. The third-order valence-corrected chi connectivity index (χ3v) is 3.84. The summed E-state index contributed by atoms with van der Waals surface area (Å²) in [5.74, 6) is -1.70. The van der Waals surface area contributed by atoms with E-state index in [2.05, 4.69) is 37.2 Å². The molecule has 0 amide bonds. The molecule has 0 radical (unpaired) electrons. The first-order valence-electron chi connectivity index (χ1n) is 5.29. The lowest BCUT2D eigenvalue weighted by molar-refractivity contribution is 0.580. The fourth-order valence-electron chi connectivity index (χ4n) is 1.51. The van der Waals surface area contributed by atoms with Gasteiger partial charge in [-0.2, -0.15) is 0 Å². The first-order valence-corrected chi connectivity index (χ1v) is 6.88. The van der Waals surface area contributed by atoms with Crippen molar-refractivity contribution in [1.82, 2.24) is 0 Å². The smallest absolute Gasteiger partial charge is 0.149 e. The van der Waals surface area contributed by atoms with Gasteiger partial charge in [0.05, 0.1) is 10.2 Å². The van der Waals surface area contributed by atoms with Crippen LogP contribution in [0.2, 0.25) is 0 Å². The second-order valence-electron chi connectivity index (χ2n) is 3.84. The summed E-state index contributed by atoms with van der Waals surface area (Å²) in [5, 5.41) is 2.83. The molecule has 0 saturated carbocycles. The van der Waals surface area contributed by atoms with Crippen molar-refractivity contribution in [2.24, 2.45) is 0 Å². The summed E-state index contributed by atoms with van der Waals surface area (Å²) in [6, 6.07) is 6.35. The maximum absolute atomic E-state index is 13.5. The number of hydrogen-bond acceptors (Lipinski definition) is 1. The van der Waals surface area contributed by atoms with Gasteiger partial charge in [0, 0.05) is 17.1 Å². The lowest BCUT2D eigenvalue weighted by atomic mass is 10.2. The summed E-state index contributed by atoms with van der Waals surface area (Å²) < 4.78 is 40.2. The van der Waals surface area contributed by atoms with Gasteiger partial charge in [0.2, 0.25) is 0 Å². The Hall–Kier alpha value is -1.01. The molecule has 19 heavy (non-hydrogen) atoms. The largest absolute Gasteiger partial charge is 0.379 e. The third-order valence-electron chi connectivity index (χ3n) is 2.49. The molecule has 2 aromatic carbocycles. The quantitative estimate of drug-likeness (QED) is 0.702. The third kappa shape index (κ3) is 3.51. The van der Waals surface area contributed by atoms with Crippen LogP contribution in [0.25, 0.3) is 0 Å². The van der Waals surface area contributed by atoms with Gasteiger partial charge in [0.25, 0.3) is 0 Å². The molecule has 0 saturated heterocycles. The van der Waals surface area contributed by atoms with Crippen molar-refractivity contribution >= 4 is 37.5 Å². The molecule has 0 spiro atoms. The minimum absolute atomic E-state index is 0.171. The van der Waals surface area contributed by atoms with Crippen LogP contribution < -0.4 is 5.32 Å². The van der Waals surface area contributed by atoms with E-state index in [4.69, 9.17) is 0 Å². The molecule has 0 aliphatic carbocycles. The van der Waals surface area contributed by atoms with E-state index in [9.17, 15) is 13.2 Å². The number of benzene rings is 2. The van der Waals surface area contributed by atoms with E-state index in [-0.39, 0.29) is 22.5 Å². The number of hydrogen-bond donors (Lipinski definition) is 1. The lowest BCUT2D eigenvalue weighted by Crippen LogP contribution is -2.03. The van der Waals surface area contributed by atoms with E-state index < -0.39 is 11.6 Å². The standard InChI is InChI=1S/C13H8Br2F3N/c14-9-3-8(16)2-1-7(9)6-19-13-4-10(15)11(17)5-12(13)18/h1-5,19H,6H2. The average molecular weight is 395 g/mol. The van der Waals surface area contributed by atoms with Crippen LogP contribution in [0.4, 0.5) is 18.9 Å². The summed E-state index contributed by atoms with van der Waals surface area (Å²) in [4.78, 5) is 0. The van der Waals surface area contributed by atoms with E-state index in [1.165, 1.54) is 18.2 Å². The Labute approximate surface area is 125 Å². The Kier molecular flexibility index (Phi) is 4.52. The van der Waals surface area contributed by atoms with Crippen LogP contribution in [0.3, 0.4) is 0 Å². The molecular formula is C13H8Br2F3N. The zero-order valence-corrected chi connectivity index (χ0v) is 12.7. The van der Waals surface area contributed by atoms with Gasteiger partial charge in [-0.3, -0.25) is 0 Å². The molecular weight excluding hydrogens is 387 g/mol. The van der Waals surface area contributed by atoms with Crippen molar-refractivity contribution in [3.05, 3.63) is 62.3 Å². The highest BCUT2D eigenvalue weighted by molar-refractivity contribution is 9.10. The normalized spacial score (nSPS) is 10.6. The molecule has 0 atom stereocenters. The molecule has 0 bridgehead atoms. The molecule has 0 fully saturated rings. The minimum atomic E-state index is -0.682. The van der Waals surface area contributed by atoms with Gasteiger partial charge in [-0.1, -0.05) is 22.0 Å². The highest BCUT2D eigenvalue weighted by atomic mass is 79.9. The molecule has 2 aromatic rings. The van der Waals surface area contributed by atoms with Crippen LogP contribution in [0, 0.1) is 17.5 Å². The predicted molar refractivity (Wildman–Crippen MR) is 75.5 cm³/mol. The van der Waals surface area contributed by atoms with Gasteiger partial charge in [-0.15, -0.1) is 0 Å². The van der Waals surface area contributed by atoms with Crippen LogP contribution in [0.1, 0.15) is 5.56 Å². The number of rotatable bonds is 3. The monoisotopic (exact) mass is 393 g/mol. The molecule has 0 aliphatic rings. The molecule has 0 heterocycles. The maximum atomic E-state index is 13.5. The molecule has 1 nitrogen and oxygen atoms in total. The van der Waals surface area contributed by atoms with Crippen LogP contribution in [-0.2, 0) is 6.54 Å². The summed E-state index contributed by atoms with van der Waals surface area (Å²) in [7, 11) is 0. The van der Waals surface area contributed by atoms with Gasteiger partial charge in [0.15, 0.2) is 0 Å². The summed E-state index contributed by atoms with van der Waals surface area (Å²) in [5.41, 5.74) is 0.936. The topological polar surface area (TPSA) is 12.0 Å². The number of halogens is 5. The van der Waals surface area contributed by atoms with Gasteiger partial charge in [0.1, 0.15) is 17.5 Å². The van der Waals surface area contributed by atoms with Crippen LogP contribution in [0.15, 0.2) is 39.3 Å². The van der Waals surface area contributed by atoms with E-state index in [0.29, 0.717) is 4.47 Å². The van der Waals surface area contributed by atoms with Gasteiger partial charge < -0.3 is 5.32 Å². The molecule has 0 unspecified atom stereocenters. The second kappa shape index (κ2) is 5.96. The van der Waals surface area contributed by atoms with E-state index in [1.807, 2.05) is 0 Å². The number of anilines is 1. The SMILES string of the molecule is Fc1ccc(CNc2cc(Br)c(F)cc2F)c(Br)c1. The number of nitrogens with one attached hydrogen (secondary N) is 1. The maximum Gasteiger partial charge on any atom is 0.149 e. The van der Waals surface area contributed by atoms with Crippen molar-refractivity contribution in [2.45, 2.75) is 6.54 Å². The fourth-order valence-corrected chi connectivity index (χ4v) is 2.35. The highest BCUT2D eigenvalue weighted by Crippen LogP contribution is 2.25. The summed E-state index contributed by atoms with van der Waals surface area (Å²) in [6.07, 6.45) is 0. The predicted octanol–water partition coefficient (Wildman–Crippen LogP) is 5.24. The Morgan fingerprint density at radius 2 is 1.63 bits per heavy atom. The molecule has 6 heteroatoms. The summed E-state index contributed by atoms with van der Waals surface area (Å²) in [6.45, 7) is 0.288. The van der Waals surface area contributed by atoms with Crippen molar-refractivity contribution in [2.75, 3.05) is 5.32 Å². The van der Waals surface area contributed by atoms with Crippen molar-refractivity contribution in [3.63, 3.8) is 0 Å². The Morgan fingerprint density at radius 1 is 0.895 bits per heavy atom. The molecule has 100 valence electrons. The molecule has 0 aliphatic heterocycles. The van der Waals surface area contributed by atoms with Gasteiger partial charge in [-0.05, 0) is 39.7 Å². The Bertz CT molecular complexity index is 617.